The Labute approximate surface area is 130 Å². The fraction of sp³-hybridized carbons (Fsp3) is 0.833. The Morgan fingerprint density at radius 2 is 1.95 bits per heavy atom. The van der Waals surface area contributed by atoms with Crippen LogP contribution in [-0.2, 0) is 9.47 Å². The Bertz CT molecular complexity index is 485. The lowest BCUT2D eigenvalue weighted by Gasteiger charge is -2.33. The van der Waals surface area contributed by atoms with E-state index in [1.807, 2.05) is 0 Å². The summed E-state index contributed by atoms with van der Waals surface area (Å²) in [4.78, 5) is 4.23. The summed E-state index contributed by atoms with van der Waals surface area (Å²) >= 11 is 0. The van der Waals surface area contributed by atoms with Crippen molar-refractivity contribution in [1.82, 2.24) is 10.1 Å². The molecule has 0 amide bonds. The van der Waals surface area contributed by atoms with E-state index in [4.69, 9.17) is 15.0 Å². The van der Waals surface area contributed by atoms with Gasteiger partial charge in [-0.2, -0.15) is 4.98 Å². The van der Waals surface area contributed by atoms with Crippen LogP contribution in [0, 0.1) is 0 Å². The van der Waals surface area contributed by atoms with E-state index in [9.17, 15) is 13.2 Å². The number of hydrogen-bond donors (Lipinski definition) is 1. The van der Waals surface area contributed by atoms with Crippen molar-refractivity contribution in [2.45, 2.75) is 56.2 Å². The van der Waals surface area contributed by atoms with Crippen LogP contribution in [0.1, 0.15) is 49.4 Å². The summed E-state index contributed by atoms with van der Waals surface area (Å²) in [5, 5.41) is 3.83. The van der Waals surface area contributed by atoms with Gasteiger partial charge in [0.2, 0.25) is 0 Å². The van der Waals surface area contributed by atoms with Crippen molar-refractivity contribution in [1.29, 1.82) is 0 Å². The number of aromatic nitrogens is 2. The molecule has 0 unspecified atom stereocenters. The third-order valence-corrected chi connectivity index (χ3v) is 3.80. The molecule has 1 aromatic rings. The summed E-state index contributed by atoms with van der Waals surface area (Å²) in [5.41, 5.74) is 5.73. The van der Waals surface area contributed by atoms with E-state index >= 15 is 0 Å². The first-order valence-electron chi connectivity index (χ1n) is 6.86. The summed E-state index contributed by atoms with van der Waals surface area (Å²) in [5.74, 6) is 0.642. The second-order valence-electron chi connectivity index (χ2n) is 5.50. The number of hydrogen-bond acceptors (Lipinski definition) is 6. The summed E-state index contributed by atoms with van der Waals surface area (Å²) in [7, 11) is 0. The van der Waals surface area contributed by atoms with Gasteiger partial charge in [-0.15, -0.1) is 25.6 Å². The molecule has 6 nitrogen and oxygen atoms in total. The number of ether oxygens (including phenoxy) is 2. The summed E-state index contributed by atoms with van der Waals surface area (Å²) < 4.78 is 50.7. The van der Waals surface area contributed by atoms with Crippen LogP contribution in [0.3, 0.4) is 0 Å². The minimum atomic E-state index is -4.59. The third-order valence-electron chi connectivity index (χ3n) is 3.80. The molecule has 1 aromatic heterocycles. The van der Waals surface area contributed by atoms with Gasteiger partial charge < -0.3 is 15.0 Å². The molecule has 0 aromatic carbocycles. The third kappa shape index (κ3) is 4.09. The highest BCUT2D eigenvalue weighted by Gasteiger charge is 2.42. The molecule has 10 heteroatoms. The van der Waals surface area contributed by atoms with Gasteiger partial charge >= 0.3 is 6.36 Å². The standard InChI is InChI=1S/C12H16F3N3O3.ClH/c13-12(14,15)20-8-3-6(4-8)10-17-11(21-18-10)9-2-1-7(16)5-19-9;/h6-9H,1-5,16H2;1H/t6?,7-,8?,9+;/m1./s1. The molecule has 22 heavy (non-hydrogen) atoms. The predicted octanol–water partition coefficient (Wildman–Crippen LogP) is 2.45. The van der Waals surface area contributed by atoms with Crippen molar-refractivity contribution in [2.24, 2.45) is 5.73 Å². The van der Waals surface area contributed by atoms with Gasteiger partial charge in [0, 0.05) is 12.0 Å². The van der Waals surface area contributed by atoms with Crippen LogP contribution in [0.4, 0.5) is 13.2 Å². The Kier molecular flexibility index (Phi) is 5.31. The first kappa shape index (κ1) is 17.5. The molecular formula is C12H17ClF3N3O3. The lowest BCUT2D eigenvalue weighted by atomic mass is 9.82. The van der Waals surface area contributed by atoms with Crippen LogP contribution in [0.25, 0.3) is 0 Å². The monoisotopic (exact) mass is 343 g/mol. The van der Waals surface area contributed by atoms with Crippen LogP contribution in [0.15, 0.2) is 4.52 Å². The van der Waals surface area contributed by atoms with Crippen LogP contribution < -0.4 is 5.73 Å². The SMILES string of the molecule is Cl.N[C@@H]1CC[C@@H](c2nc(C3CC(OC(F)(F)F)C3)no2)OC1. The van der Waals surface area contributed by atoms with Crippen molar-refractivity contribution in [3.63, 3.8) is 0 Å². The van der Waals surface area contributed by atoms with E-state index in [1.165, 1.54) is 0 Å². The van der Waals surface area contributed by atoms with Gasteiger partial charge in [-0.25, -0.2) is 0 Å². The van der Waals surface area contributed by atoms with Gasteiger partial charge in [0.1, 0.15) is 6.10 Å². The molecule has 126 valence electrons. The lowest BCUT2D eigenvalue weighted by Crippen LogP contribution is -2.35. The van der Waals surface area contributed by atoms with Crippen LogP contribution >= 0.6 is 12.4 Å². The number of halogens is 4. The largest absolute Gasteiger partial charge is 0.522 e. The number of alkyl halides is 3. The van der Waals surface area contributed by atoms with Crippen molar-refractivity contribution >= 4 is 12.4 Å². The van der Waals surface area contributed by atoms with Gasteiger partial charge in [-0.05, 0) is 25.7 Å². The van der Waals surface area contributed by atoms with Gasteiger partial charge in [-0.3, -0.25) is 4.74 Å². The van der Waals surface area contributed by atoms with E-state index in [0.717, 1.165) is 6.42 Å². The molecule has 1 aliphatic carbocycles. The molecule has 2 atom stereocenters. The van der Waals surface area contributed by atoms with Gasteiger partial charge in [0.05, 0.1) is 12.7 Å². The molecule has 2 N–H and O–H groups in total. The Hall–Kier alpha value is -0.900. The van der Waals surface area contributed by atoms with Crippen molar-refractivity contribution < 1.29 is 27.2 Å². The lowest BCUT2D eigenvalue weighted by molar-refractivity contribution is -0.352. The summed E-state index contributed by atoms with van der Waals surface area (Å²) in [6, 6.07) is 0.0237. The second-order valence-corrected chi connectivity index (χ2v) is 5.50. The van der Waals surface area contributed by atoms with Crippen molar-refractivity contribution in [3.8, 4) is 0 Å². The minimum Gasteiger partial charge on any atom is -0.367 e. The molecular weight excluding hydrogens is 327 g/mol. The molecule has 0 bridgehead atoms. The molecule has 1 saturated carbocycles. The average Bonchev–Trinajstić information content (AvgIpc) is 2.82. The van der Waals surface area contributed by atoms with Gasteiger partial charge in [0.25, 0.3) is 5.89 Å². The summed E-state index contributed by atoms with van der Waals surface area (Å²) in [6.07, 6.45) is -3.67. The molecule has 2 heterocycles. The Morgan fingerprint density at radius 1 is 1.23 bits per heavy atom. The first-order chi connectivity index (χ1) is 9.90. The van der Waals surface area contributed by atoms with E-state index in [2.05, 4.69) is 14.9 Å². The van der Waals surface area contributed by atoms with Crippen LogP contribution in [-0.4, -0.2) is 35.3 Å². The smallest absolute Gasteiger partial charge is 0.367 e. The number of nitrogens with zero attached hydrogens (tertiary/aromatic N) is 2. The molecule has 2 aliphatic rings. The molecule has 1 saturated heterocycles. The molecule has 2 fully saturated rings. The zero-order valence-corrected chi connectivity index (χ0v) is 12.4. The minimum absolute atomic E-state index is 0. The fourth-order valence-electron chi connectivity index (χ4n) is 2.57. The maximum Gasteiger partial charge on any atom is 0.522 e. The zero-order valence-electron chi connectivity index (χ0n) is 11.6. The van der Waals surface area contributed by atoms with Crippen LogP contribution in [0.2, 0.25) is 0 Å². The fourth-order valence-corrected chi connectivity index (χ4v) is 2.57. The topological polar surface area (TPSA) is 83.4 Å². The van der Waals surface area contributed by atoms with Crippen LogP contribution in [0.5, 0.6) is 0 Å². The van der Waals surface area contributed by atoms with E-state index in [1.54, 1.807) is 0 Å². The van der Waals surface area contributed by atoms with Crippen molar-refractivity contribution in [3.05, 3.63) is 11.7 Å². The molecule has 1 aliphatic heterocycles. The number of rotatable bonds is 3. The zero-order chi connectivity index (χ0) is 15.0. The Balaban J connectivity index is 0.00000176. The highest BCUT2D eigenvalue weighted by molar-refractivity contribution is 5.85. The average molecular weight is 344 g/mol. The molecule has 3 rings (SSSR count). The van der Waals surface area contributed by atoms with Gasteiger partial charge in [-0.1, -0.05) is 5.16 Å². The van der Waals surface area contributed by atoms with E-state index in [0.29, 0.717) is 24.7 Å². The first-order valence-corrected chi connectivity index (χ1v) is 6.86. The molecule has 0 spiro atoms. The maximum atomic E-state index is 12.0. The molecule has 0 radical (unpaired) electrons. The van der Waals surface area contributed by atoms with E-state index in [-0.39, 0.29) is 43.3 Å². The Morgan fingerprint density at radius 3 is 2.55 bits per heavy atom. The van der Waals surface area contributed by atoms with Gasteiger partial charge in [0.15, 0.2) is 5.82 Å². The predicted molar refractivity (Wildman–Crippen MR) is 70.4 cm³/mol. The number of nitrogens with two attached hydrogens (primary N) is 1. The van der Waals surface area contributed by atoms with Crippen molar-refractivity contribution in [2.75, 3.05) is 6.61 Å². The van der Waals surface area contributed by atoms with E-state index < -0.39 is 12.5 Å². The second kappa shape index (κ2) is 6.69. The quantitative estimate of drug-likeness (QED) is 0.907. The normalized spacial score (nSPS) is 32.2. The maximum absolute atomic E-state index is 12.0. The summed E-state index contributed by atoms with van der Waals surface area (Å²) in [6.45, 7) is 0.438. The highest BCUT2D eigenvalue weighted by atomic mass is 35.5. The highest BCUT2D eigenvalue weighted by Crippen LogP contribution is 2.40.